The molecule has 1 aliphatic rings. The summed E-state index contributed by atoms with van der Waals surface area (Å²) in [6.07, 6.45) is 0.426. The molecular formula is C10H14N2O6. The Kier molecular flexibility index (Phi) is 4.78. The monoisotopic (exact) mass is 258 g/mol. The van der Waals surface area contributed by atoms with Crippen molar-refractivity contribution in [2.45, 2.75) is 18.9 Å². The summed E-state index contributed by atoms with van der Waals surface area (Å²) in [4.78, 5) is 45.2. The summed E-state index contributed by atoms with van der Waals surface area (Å²) in [6.45, 7) is -1.02. The Bertz CT molecular complexity index is 381. The molecule has 1 atom stereocenters. The predicted octanol–water partition coefficient (Wildman–Crippen LogP) is -1.65. The van der Waals surface area contributed by atoms with E-state index in [0.717, 1.165) is 4.90 Å². The second-order valence-corrected chi connectivity index (χ2v) is 3.84. The number of nitrogens with zero attached hydrogens (tertiary/aromatic N) is 1. The second-order valence-electron chi connectivity index (χ2n) is 3.84. The van der Waals surface area contributed by atoms with E-state index in [2.05, 4.69) is 10.1 Å². The summed E-state index contributed by atoms with van der Waals surface area (Å²) in [5.74, 6) is -2.52. The summed E-state index contributed by atoms with van der Waals surface area (Å²) in [5, 5.41) is 10.7. The number of nitrogens with one attached hydrogen (secondary N) is 1. The fourth-order valence-electron chi connectivity index (χ4n) is 1.52. The van der Waals surface area contributed by atoms with E-state index in [1.165, 1.54) is 7.05 Å². The molecular weight excluding hydrogens is 244 g/mol. The SMILES string of the molecule is CN1C(=O)CCC(NC(=O)COCC(=O)O)C1=O. The van der Waals surface area contributed by atoms with Crippen molar-refractivity contribution in [3.05, 3.63) is 0 Å². The Morgan fingerprint density at radius 1 is 1.44 bits per heavy atom. The Morgan fingerprint density at radius 2 is 2.11 bits per heavy atom. The van der Waals surface area contributed by atoms with Gasteiger partial charge in [0.2, 0.25) is 11.8 Å². The van der Waals surface area contributed by atoms with Crippen LogP contribution < -0.4 is 5.32 Å². The number of carboxylic acid groups (broad SMARTS) is 1. The number of hydrogen-bond acceptors (Lipinski definition) is 5. The molecule has 18 heavy (non-hydrogen) atoms. The largest absolute Gasteiger partial charge is 0.480 e. The molecule has 1 saturated heterocycles. The molecule has 0 radical (unpaired) electrons. The van der Waals surface area contributed by atoms with Gasteiger partial charge in [0.1, 0.15) is 19.3 Å². The van der Waals surface area contributed by atoms with Gasteiger partial charge < -0.3 is 15.2 Å². The molecule has 0 spiro atoms. The lowest BCUT2D eigenvalue weighted by Gasteiger charge is -2.28. The highest BCUT2D eigenvalue weighted by Crippen LogP contribution is 2.11. The van der Waals surface area contributed by atoms with Crippen molar-refractivity contribution in [1.29, 1.82) is 0 Å². The quantitative estimate of drug-likeness (QED) is 0.571. The third-order valence-corrected chi connectivity index (χ3v) is 2.44. The molecule has 0 bridgehead atoms. The molecule has 8 heteroatoms. The van der Waals surface area contributed by atoms with Crippen LogP contribution in [0, 0.1) is 0 Å². The molecule has 0 aromatic rings. The molecule has 1 unspecified atom stereocenters. The first-order valence-electron chi connectivity index (χ1n) is 5.31. The fraction of sp³-hybridized carbons (Fsp3) is 0.600. The lowest BCUT2D eigenvalue weighted by atomic mass is 10.0. The molecule has 1 fully saturated rings. The summed E-state index contributed by atoms with van der Waals surface area (Å²) in [5.41, 5.74) is 0. The topological polar surface area (TPSA) is 113 Å². The Balaban J connectivity index is 2.38. The highest BCUT2D eigenvalue weighted by molar-refractivity contribution is 6.01. The number of amides is 3. The Morgan fingerprint density at radius 3 is 2.72 bits per heavy atom. The minimum atomic E-state index is -1.18. The minimum absolute atomic E-state index is 0.184. The summed E-state index contributed by atoms with van der Waals surface area (Å²) in [6, 6.07) is -0.756. The van der Waals surface area contributed by atoms with Crippen LogP contribution in [0.3, 0.4) is 0 Å². The number of aliphatic carboxylic acids is 1. The zero-order chi connectivity index (χ0) is 13.7. The zero-order valence-electron chi connectivity index (χ0n) is 9.84. The van der Waals surface area contributed by atoms with Crippen molar-refractivity contribution < 1.29 is 29.0 Å². The molecule has 1 heterocycles. The smallest absolute Gasteiger partial charge is 0.329 e. The molecule has 1 rings (SSSR count). The van der Waals surface area contributed by atoms with E-state index in [4.69, 9.17) is 5.11 Å². The molecule has 8 nitrogen and oxygen atoms in total. The van der Waals surface area contributed by atoms with Gasteiger partial charge in [0.25, 0.3) is 5.91 Å². The average molecular weight is 258 g/mol. The van der Waals surface area contributed by atoms with Crippen LogP contribution >= 0.6 is 0 Å². The summed E-state index contributed by atoms with van der Waals surface area (Å²) < 4.78 is 4.58. The van der Waals surface area contributed by atoms with Gasteiger partial charge in [-0.3, -0.25) is 19.3 Å². The maximum absolute atomic E-state index is 11.6. The van der Waals surface area contributed by atoms with Crippen LogP contribution in [0.5, 0.6) is 0 Å². The van der Waals surface area contributed by atoms with Gasteiger partial charge in [-0.05, 0) is 6.42 Å². The second kappa shape index (κ2) is 6.10. The summed E-state index contributed by atoms with van der Waals surface area (Å²) >= 11 is 0. The first kappa shape index (κ1) is 14.1. The van der Waals surface area contributed by atoms with Gasteiger partial charge in [0.15, 0.2) is 0 Å². The van der Waals surface area contributed by atoms with Crippen LogP contribution in [0.4, 0.5) is 0 Å². The van der Waals surface area contributed by atoms with Crippen LogP contribution in [-0.4, -0.2) is 60.0 Å². The van der Waals surface area contributed by atoms with E-state index in [1.807, 2.05) is 0 Å². The molecule has 0 saturated carbocycles. The highest BCUT2D eigenvalue weighted by atomic mass is 16.5. The average Bonchev–Trinajstić information content (AvgIpc) is 2.29. The van der Waals surface area contributed by atoms with Crippen LogP contribution in [0.25, 0.3) is 0 Å². The number of carboxylic acids is 1. The van der Waals surface area contributed by atoms with Crippen LogP contribution in [0.1, 0.15) is 12.8 Å². The van der Waals surface area contributed by atoms with E-state index in [0.29, 0.717) is 0 Å². The van der Waals surface area contributed by atoms with E-state index in [9.17, 15) is 19.2 Å². The maximum atomic E-state index is 11.6. The van der Waals surface area contributed by atoms with E-state index < -0.39 is 37.0 Å². The van der Waals surface area contributed by atoms with Crippen molar-refractivity contribution in [2.24, 2.45) is 0 Å². The number of likely N-dealkylation sites (N-methyl/N-ethyl adjacent to an activating group) is 1. The third-order valence-electron chi connectivity index (χ3n) is 2.44. The van der Waals surface area contributed by atoms with E-state index in [1.54, 1.807) is 0 Å². The van der Waals surface area contributed by atoms with Gasteiger partial charge in [0, 0.05) is 13.5 Å². The van der Waals surface area contributed by atoms with Crippen molar-refractivity contribution in [2.75, 3.05) is 20.3 Å². The first-order valence-corrected chi connectivity index (χ1v) is 5.31. The van der Waals surface area contributed by atoms with Crippen molar-refractivity contribution in [1.82, 2.24) is 10.2 Å². The van der Waals surface area contributed by atoms with Gasteiger partial charge in [-0.15, -0.1) is 0 Å². The van der Waals surface area contributed by atoms with Crippen LogP contribution in [-0.2, 0) is 23.9 Å². The first-order chi connectivity index (χ1) is 8.41. The number of piperidine rings is 1. The number of hydrogen-bond donors (Lipinski definition) is 2. The predicted molar refractivity (Wildman–Crippen MR) is 57.4 cm³/mol. The zero-order valence-corrected chi connectivity index (χ0v) is 9.84. The number of carbonyl (C=O) groups is 4. The number of likely N-dealkylation sites (tertiary alicyclic amines) is 1. The van der Waals surface area contributed by atoms with E-state index >= 15 is 0 Å². The molecule has 0 aromatic heterocycles. The molecule has 0 aromatic carbocycles. The highest BCUT2D eigenvalue weighted by Gasteiger charge is 2.32. The van der Waals surface area contributed by atoms with Gasteiger partial charge in [-0.25, -0.2) is 4.79 Å². The van der Waals surface area contributed by atoms with Gasteiger partial charge >= 0.3 is 5.97 Å². The number of ether oxygens (including phenoxy) is 1. The normalized spacial score (nSPS) is 19.8. The lowest BCUT2D eigenvalue weighted by Crippen LogP contribution is -2.53. The number of rotatable bonds is 5. The Labute approximate surface area is 103 Å². The Hall–Kier alpha value is -1.96. The van der Waals surface area contributed by atoms with Gasteiger partial charge in [-0.2, -0.15) is 0 Å². The molecule has 0 aliphatic carbocycles. The molecule has 3 amide bonds. The van der Waals surface area contributed by atoms with Crippen molar-refractivity contribution in [3.63, 3.8) is 0 Å². The van der Waals surface area contributed by atoms with Crippen LogP contribution in [0.2, 0.25) is 0 Å². The minimum Gasteiger partial charge on any atom is -0.480 e. The third kappa shape index (κ3) is 3.81. The maximum Gasteiger partial charge on any atom is 0.329 e. The van der Waals surface area contributed by atoms with Gasteiger partial charge in [-0.1, -0.05) is 0 Å². The van der Waals surface area contributed by atoms with Crippen molar-refractivity contribution >= 4 is 23.7 Å². The molecule has 100 valence electrons. The summed E-state index contributed by atoms with van der Waals surface area (Å²) in [7, 11) is 1.35. The molecule has 1 aliphatic heterocycles. The van der Waals surface area contributed by atoms with Crippen LogP contribution in [0.15, 0.2) is 0 Å². The number of carbonyl (C=O) groups excluding carboxylic acids is 3. The number of imide groups is 1. The lowest BCUT2D eigenvalue weighted by molar-refractivity contribution is -0.150. The van der Waals surface area contributed by atoms with Crippen molar-refractivity contribution in [3.8, 4) is 0 Å². The standard InChI is InChI=1S/C10H14N2O6/c1-12-8(14)3-2-6(10(12)17)11-7(13)4-18-5-9(15)16/h6H,2-5H2,1H3,(H,11,13)(H,15,16). The fourth-order valence-corrected chi connectivity index (χ4v) is 1.52. The van der Waals surface area contributed by atoms with E-state index in [-0.39, 0.29) is 18.7 Å². The molecule has 2 N–H and O–H groups in total. The van der Waals surface area contributed by atoms with Gasteiger partial charge in [0.05, 0.1) is 0 Å².